The van der Waals surface area contributed by atoms with Gasteiger partial charge in [-0.25, -0.2) is 4.98 Å². The topological polar surface area (TPSA) is 83.3 Å². The number of ether oxygens (including phenoxy) is 3. The fourth-order valence-electron chi connectivity index (χ4n) is 3.13. The summed E-state index contributed by atoms with van der Waals surface area (Å²) in [5.41, 5.74) is 2.74. The summed E-state index contributed by atoms with van der Waals surface area (Å²) in [5.74, 6) is 2.69. The van der Waals surface area contributed by atoms with E-state index in [0.717, 1.165) is 28.3 Å². The van der Waals surface area contributed by atoms with E-state index < -0.39 is 0 Å². The van der Waals surface area contributed by atoms with Crippen molar-refractivity contribution in [2.45, 2.75) is 13.5 Å². The minimum Gasteiger partial charge on any atom is -0.454 e. The van der Waals surface area contributed by atoms with Crippen molar-refractivity contribution in [3.05, 3.63) is 77.5 Å². The van der Waals surface area contributed by atoms with Gasteiger partial charge in [0.15, 0.2) is 11.5 Å². The Morgan fingerprint density at radius 1 is 1.10 bits per heavy atom. The Kier molecular flexibility index (Phi) is 5.05. The monoisotopic (exact) mass is 435 g/mol. The Labute approximate surface area is 183 Å². The first-order valence-electron chi connectivity index (χ1n) is 9.58. The number of anilines is 1. The van der Waals surface area contributed by atoms with Crippen LogP contribution in [0.4, 0.5) is 5.82 Å². The van der Waals surface area contributed by atoms with Crippen molar-refractivity contribution in [1.29, 1.82) is 0 Å². The van der Waals surface area contributed by atoms with Crippen molar-refractivity contribution in [3.8, 4) is 28.9 Å². The number of hydrogen-bond acceptors (Lipinski definition) is 7. The first-order chi connectivity index (χ1) is 15.2. The fourth-order valence-corrected chi connectivity index (χ4v) is 3.29. The number of imidazole rings is 1. The molecule has 156 valence electrons. The van der Waals surface area contributed by atoms with Gasteiger partial charge in [-0.1, -0.05) is 17.7 Å². The van der Waals surface area contributed by atoms with Gasteiger partial charge in [0, 0.05) is 30.2 Å². The highest BCUT2D eigenvalue weighted by atomic mass is 35.5. The molecule has 0 spiro atoms. The SMILES string of the molecule is Cc1c(Cl)nc(Oc2ccc(-n3ccnc3)cc2)nc1NCc1ccc2c(c1)OCO2. The van der Waals surface area contributed by atoms with Crippen LogP contribution < -0.4 is 19.5 Å². The molecule has 8 nitrogen and oxygen atoms in total. The van der Waals surface area contributed by atoms with Gasteiger partial charge in [-0.2, -0.15) is 9.97 Å². The molecule has 4 aromatic rings. The number of aromatic nitrogens is 4. The number of nitrogens with one attached hydrogen (secondary N) is 1. The molecule has 9 heteroatoms. The van der Waals surface area contributed by atoms with Gasteiger partial charge >= 0.3 is 6.01 Å². The largest absolute Gasteiger partial charge is 0.454 e. The quantitative estimate of drug-likeness (QED) is 0.437. The zero-order valence-corrected chi connectivity index (χ0v) is 17.3. The molecule has 1 aliphatic rings. The number of fused-ring (bicyclic) bond motifs is 1. The van der Waals surface area contributed by atoms with E-state index >= 15 is 0 Å². The Bertz CT molecular complexity index is 1210. The van der Waals surface area contributed by atoms with Crippen LogP contribution in [-0.4, -0.2) is 26.3 Å². The van der Waals surface area contributed by atoms with Crippen LogP contribution in [0.1, 0.15) is 11.1 Å². The third-order valence-corrected chi connectivity index (χ3v) is 5.18. The minimum atomic E-state index is 0.166. The summed E-state index contributed by atoms with van der Waals surface area (Å²) in [4.78, 5) is 12.8. The molecule has 1 aliphatic heterocycles. The lowest BCUT2D eigenvalue weighted by Gasteiger charge is -2.12. The van der Waals surface area contributed by atoms with Crippen molar-refractivity contribution in [2.24, 2.45) is 0 Å². The summed E-state index contributed by atoms with van der Waals surface area (Å²) >= 11 is 6.32. The lowest BCUT2D eigenvalue weighted by Crippen LogP contribution is -2.06. The molecule has 5 rings (SSSR count). The van der Waals surface area contributed by atoms with E-state index in [0.29, 0.717) is 23.3 Å². The zero-order valence-electron chi connectivity index (χ0n) is 16.6. The van der Waals surface area contributed by atoms with Crippen LogP contribution in [0, 0.1) is 6.92 Å². The van der Waals surface area contributed by atoms with Crippen LogP contribution >= 0.6 is 11.6 Å². The average Bonchev–Trinajstić information content (AvgIpc) is 3.47. The molecule has 0 radical (unpaired) electrons. The normalized spacial score (nSPS) is 12.1. The van der Waals surface area contributed by atoms with Crippen molar-refractivity contribution in [3.63, 3.8) is 0 Å². The van der Waals surface area contributed by atoms with Gasteiger partial charge in [-0.3, -0.25) is 0 Å². The van der Waals surface area contributed by atoms with E-state index in [4.69, 9.17) is 25.8 Å². The van der Waals surface area contributed by atoms with Crippen molar-refractivity contribution in [1.82, 2.24) is 19.5 Å². The van der Waals surface area contributed by atoms with E-state index in [2.05, 4.69) is 20.3 Å². The maximum absolute atomic E-state index is 6.32. The van der Waals surface area contributed by atoms with Crippen LogP contribution in [0.2, 0.25) is 5.15 Å². The van der Waals surface area contributed by atoms with Gasteiger partial charge in [-0.15, -0.1) is 0 Å². The number of hydrogen-bond donors (Lipinski definition) is 1. The maximum atomic E-state index is 6.32. The predicted octanol–water partition coefficient (Wildman–Crippen LogP) is 4.76. The Morgan fingerprint density at radius 3 is 2.74 bits per heavy atom. The minimum absolute atomic E-state index is 0.166. The lowest BCUT2D eigenvalue weighted by molar-refractivity contribution is 0.174. The van der Waals surface area contributed by atoms with Crippen LogP contribution in [0.3, 0.4) is 0 Å². The van der Waals surface area contributed by atoms with E-state index in [1.54, 1.807) is 12.5 Å². The summed E-state index contributed by atoms with van der Waals surface area (Å²) in [7, 11) is 0. The van der Waals surface area contributed by atoms with Gasteiger partial charge < -0.3 is 24.1 Å². The molecule has 0 saturated carbocycles. The standard InChI is InChI=1S/C22H18ClN5O3/c1-14-20(23)26-22(31-17-5-3-16(4-6-17)28-9-8-24-12-28)27-21(14)25-11-15-2-7-18-19(10-15)30-13-29-18/h2-10,12H,11,13H2,1H3,(H,25,26,27). The molecule has 0 atom stereocenters. The third kappa shape index (κ3) is 4.10. The van der Waals surface area contributed by atoms with Crippen molar-refractivity contribution in [2.75, 3.05) is 12.1 Å². The molecular weight excluding hydrogens is 418 g/mol. The molecular formula is C22H18ClN5O3. The smallest absolute Gasteiger partial charge is 0.325 e. The molecule has 0 unspecified atom stereocenters. The Morgan fingerprint density at radius 2 is 1.94 bits per heavy atom. The fraction of sp³-hybridized carbons (Fsp3) is 0.136. The van der Waals surface area contributed by atoms with Crippen LogP contribution in [-0.2, 0) is 6.54 Å². The second-order valence-corrected chi connectivity index (χ2v) is 7.24. The van der Waals surface area contributed by atoms with Gasteiger partial charge in [0.2, 0.25) is 6.79 Å². The summed E-state index contributed by atoms with van der Waals surface area (Å²) in [6, 6.07) is 13.5. The first-order valence-corrected chi connectivity index (χ1v) is 9.96. The van der Waals surface area contributed by atoms with E-state index in [1.807, 2.05) is 60.2 Å². The summed E-state index contributed by atoms with van der Waals surface area (Å²) in [5, 5.41) is 3.62. The molecule has 1 N–H and O–H groups in total. The van der Waals surface area contributed by atoms with E-state index in [-0.39, 0.29) is 12.8 Å². The Balaban J connectivity index is 1.31. The van der Waals surface area contributed by atoms with E-state index in [9.17, 15) is 0 Å². The van der Waals surface area contributed by atoms with Gasteiger partial charge in [0.05, 0.1) is 6.33 Å². The van der Waals surface area contributed by atoms with Crippen LogP contribution in [0.15, 0.2) is 61.2 Å². The molecule has 0 aliphatic carbocycles. The molecule has 0 fully saturated rings. The third-order valence-electron chi connectivity index (χ3n) is 4.81. The van der Waals surface area contributed by atoms with Gasteiger partial charge in [0.1, 0.15) is 16.7 Å². The molecule has 2 aromatic carbocycles. The molecule has 3 heterocycles. The summed E-state index contributed by atoms with van der Waals surface area (Å²) < 4.78 is 18.5. The highest BCUT2D eigenvalue weighted by molar-refractivity contribution is 6.30. The second-order valence-electron chi connectivity index (χ2n) is 6.88. The summed E-state index contributed by atoms with van der Waals surface area (Å²) in [6.07, 6.45) is 5.33. The first kappa shape index (κ1) is 19.2. The molecule has 0 saturated heterocycles. The van der Waals surface area contributed by atoms with Crippen LogP contribution in [0.5, 0.6) is 23.3 Å². The molecule has 0 bridgehead atoms. The number of rotatable bonds is 6. The van der Waals surface area contributed by atoms with Crippen molar-refractivity contribution < 1.29 is 14.2 Å². The number of halogens is 1. The van der Waals surface area contributed by atoms with E-state index in [1.165, 1.54) is 0 Å². The predicted molar refractivity (Wildman–Crippen MR) is 115 cm³/mol. The average molecular weight is 436 g/mol. The summed E-state index contributed by atoms with van der Waals surface area (Å²) in [6.45, 7) is 2.63. The van der Waals surface area contributed by atoms with Crippen molar-refractivity contribution >= 4 is 17.4 Å². The molecule has 2 aromatic heterocycles. The van der Waals surface area contributed by atoms with Gasteiger partial charge in [-0.05, 0) is 48.9 Å². The number of nitrogens with zero attached hydrogens (tertiary/aromatic N) is 4. The lowest BCUT2D eigenvalue weighted by atomic mass is 10.2. The maximum Gasteiger partial charge on any atom is 0.325 e. The highest BCUT2D eigenvalue weighted by Gasteiger charge is 2.15. The Hall–Kier alpha value is -3.78. The van der Waals surface area contributed by atoms with Crippen LogP contribution in [0.25, 0.3) is 5.69 Å². The second kappa shape index (κ2) is 8.16. The van der Waals surface area contributed by atoms with Gasteiger partial charge in [0.25, 0.3) is 0 Å². The number of benzene rings is 2. The highest BCUT2D eigenvalue weighted by Crippen LogP contribution is 2.33. The molecule has 31 heavy (non-hydrogen) atoms. The molecule has 0 amide bonds. The zero-order chi connectivity index (χ0) is 21.2.